The van der Waals surface area contributed by atoms with E-state index in [1.807, 2.05) is 0 Å². The van der Waals surface area contributed by atoms with Gasteiger partial charge in [0.1, 0.15) is 23.2 Å². The average molecular weight is 367 g/mol. The van der Waals surface area contributed by atoms with Crippen molar-refractivity contribution < 1.29 is 17.6 Å². The maximum atomic E-state index is 14.1. The summed E-state index contributed by atoms with van der Waals surface area (Å²) in [4.78, 5) is 22.3. The largest absolute Gasteiger partial charge is 0.416 e. The summed E-state index contributed by atoms with van der Waals surface area (Å²) < 4.78 is 52.1. The topological polar surface area (TPSA) is 87.3 Å². The summed E-state index contributed by atoms with van der Waals surface area (Å²) >= 11 is 0. The molecule has 0 aliphatic rings. The fourth-order valence-corrected chi connectivity index (χ4v) is 2.48. The van der Waals surface area contributed by atoms with Crippen LogP contribution in [0.4, 0.5) is 17.6 Å². The first-order chi connectivity index (χ1) is 12.1. The van der Waals surface area contributed by atoms with Crippen LogP contribution in [-0.2, 0) is 6.18 Å². The van der Waals surface area contributed by atoms with Crippen molar-refractivity contribution >= 4 is 0 Å². The Labute approximate surface area is 144 Å². The minimum absolute atomic E-state index is 0.0377. The Morgan fingerprint density at radius 3 is 2.50 bits per heavy atom. The molecule has 6 nitrogen and oxygen atoms in total. The lowest BCUT2D eigenvalue weighted by Gasteiger charge is -2.12. The highest BCUT2D eigenvalue weighted by Crippen LogP contribution is 2.32. The number of halogens is 4. The third-order valence-electron chi connectivity index (χ3n) is 3.80. The molecule has 0 amide bonds. The van der Waals surface area contributed by atoms with E-state index >= 15 is 0 Å². The van der Waals surface area contributed by atoms with Gasteiger partial charge in [0.05, 0.1) is 5.56 Å². The van der Waals surface area contributed by atoms with Crippen molar-refractivity contribution in [1.29, 1.82) is 0 Å². The van der Waals surface area contributed by atoms with Crippen LogP contribution in [0.5, 0.6) is 0 Å². The zero-order valence-corrected chi connectivity index (χ0v) is 13.6. The SMILES string of the molecule is Cc1nc(-c2n[nH]c([C@@H](C)c3ccc(C(F)(F)F)cc3F)n2)cc(=O)[nH]1. The second-order valence-electron chi connectivity index (χ2n) is 5.72. The predicted molar refractivity (Wildman–Crippen MR) is 83.9 cm³/mol. The third kappa shape index (κ3) is 3.48. The van der Waals surface area contributed by atoms with E-state index in [9.17, 15) is 22.4 Å². The maximum Gasteiger partial charge on any atom is 0.416 e. The molecule has 10 heteroatoms. The molecule has 26 heavy (non-hydrogen) atoms. The zero-order valence-electron chi connectivity index (χ0n) is 13.6. The number of rotatable bonds is 3. The van der Waals surface area contributed by atoms with Crippen LogP contribution in [-0.4, -0.2) is 25.1 Å². The van der Waals surface area contributed by atoms with E-state index in [0.29, 0.717) is 11.9 Å². The molecule has 2 aromatic heterocycles. The summed E-state index contributed by atoms with van der Waals surface area (Å²) in [6.07, 6.45) is -4.62. The summed E-state index contributed by atoms with van der Waals surface area (Å²) in [5.74, 6) is -0.926. The van der Waals surface area contributed by atoms with Crippen LogP contribution in [0.1, 0.15) is 35.6 Å². The van der Waals surface area contributed by atoms with E-state index < -0.39 is 23.5 Å². The van der Waals surface area contributed by atoms with Crippen molar-refractivity contribution in [3.63, 3.8) is 0 Å². The Morgan fingerprint density at radius 1 is 1.15 bits per heavy atom. The lowest BCUT2D eigenvalue weighted by atomic mass is 9.98. The molecule has 2 N–H and O–H groups in total. The molecule has 0 aliphatic carbocycles. The van der Waals surface area contributed by atoms with Crippen LogP contribution < -0.4 is 5.56 Å². The van der Waals surface area contributed by atoms with Gasteiger partial charge in [0.2, 0.25) is 0 Å². The van der Waals surface area contributed by atoms with Gasteiger partial charge in [-0.05, 0) is 24.6 Å². The molecule has 0 bridgehead atoms. The van der Waals surface area contributed by atoms with Gasteiger partial charge < -0.3 is 4.98 Å². The van der Waals surface area contributed by atoms with Crippen molar-refractivity contribution in [2.24, 2.45) is 0 Å². The van der Waals surface area contributed by atoms with Crippen LogP contribution in [0, 0.1) is 12.7 Å². The van der Waals surface area contributed by atoms with E-state index in [1.165, 1.54) is 6.07 Å². The van der Waals surface area contributed by atoms with Gasteiger partial charge in [-0.25, -0.2) is 14.4 Å². The van der Waals surface area contributed by atoms with Crippen LogP contribution in [0.2, 0.25) is 0 Å². The minimum atomic E-state index is -4.62. The summed E-state index contributed by atoms with van der Waals surface area (Å²) in [6, 6.07) is 3.54. The van der Waals surface area contributed by atoms with Gasteiger partial charge in [-0.3, -0.25) is 9.89 Å². The number of hydrogen-bond acceptors (Lipinski definition) is 4. The quantitative estimate of drug-likeness (QED) is 0.696. The second-order valence-corrected chi connectivity index (χ2v) is 5.72. The molecule has 0 radical (unpaired) electrons. The molecule has 1 aromatic carbocycles. The van der Waals surface area contributed by atoms with Crippen molar-refractivity contribution in [2.75, 3.05) is 0 Å². The molecular weight excluding hydrogens is 354 g/mol. The second kappa shape index (κ2) is 6.36. The highest BCUT2D eigenvalue weighted by Gasteiger charge is 2.31. The van der Waals surface area contributed by atoms with Crippen LogP contribution >= 0.6 is 0 Å². The normalized spacial score (nSPS) is 13.0. The van der Waals surface area contributed by atoms with E-state index in [-0.39, 0.29) is 28.5 Å². The Hall–Kier alpha value is -3.04. The fourth-order valence-electron chi connectivity index (χ4n) is 2.48. The molecule has 0 aliphatic heterocycles. The molecule has 136 valence electrons. The Kier molecular flexibility index (Phi) is 4.34. The monoisotopic (exact) mass is 367 g/mol. The van der Waals surface area contributed by atoms with E-state index in [4.69, 9.17) is 0 Å². The van der Waals surface area contributed by atoms with Gasteiger partial charge in [-0.1, -0.05) is 13.0 Å². The molecule has 2 heterocycles. The number of nitrogens with zero attached hydrogens (tertiary/aromatic N) is 3. The van der Waals surface area contributed by atoms with Crippen molar-refractivity contribution in [3.8, 4) is 11.5 Å². The summed E-state index contributed by atoms with van der Waals surface area (Å²) in [5, 5.41) is 6.56. The van der Waals surface area contributed by atoms with E-state index in [2.05, 4.69) is 25.1 Å². The Balaban J connectivity index is 1.93. The first kappa shape index (κ1) is 17.8. The zero-order chi connectivity index (χ0) is 19.1. The summed E-state index contributed by atoms with van der Waals surface area (Å²) in [5.41, 5.74) is -1.17. The standard InChI is InChI=1S/C16H13F4N5O/c1-7(10-4-3-9(5-11(10)17)16(18,19)20)14-23-15(25-24-14)12-6-13(26)22-8(2)21-12/h3-7H,1-2H3,(H,21,22,26)(H,23,24,25)/t7-/m0/s1. The number of nitrogens with one attached hydrogen (secondary N) is 2. The highest BCUT2D eigenvalue weighted by molar-refractivity contribution is 5.48. The minimum Gasteiger partial charge on any atom is -0.311 e. The molecule has 3 rings (SSSR count). The van der Waals surface area contributed by atoms with Gasteiger partial charge in [-0.2, -0.15) is 18.3 Å². The number of aryl methyl sites for hydroxylation is 1. The Morgan fingerprint density at radius 2 is 1.88 bits per heavy atom. The summed E-state index contributed by atoms with van der Waals surface area (Å²) in [6.45, 7) is 3.17. The molecule has 0 fully saturated rings. The summed E-state index contributed by atoms with van der Waals surface area (Å²) in [7, 11) is 0. The fraction of sp³-hybridized carbons (Fsp3) is 0.250. The Bertz CT molecular complexity index is 1010. The van der Waals surface area contributed by atoms with Gasteiger partial charge in [0, 0.05) is 12.0 Å². The van der Waals surface area contributed by atoms with Crippen molar-refractivity contribution in [2.45, 2.75) is 25.9 Å². The van der Waals surface area contributed by atoms with E-state index in [1.54, 1.807) is 13.8 Å². The average Bonchev–Trinajstić information content (AvgIpc) is 3.02. The lowest BCUT2D eigenvalue weighted by Crippen LogP contribution is -2.09. The molecule has 0 unspecified atom stereocenters. The number of aromatic nitrogens is 5. The van der Waals surface area contributed by atoms with Crippen LogP contribution in [0.25, 0.3) is 11.5 Å². The van der Waals surface area contributed by atoms with Crippen molar-refractivity contribution in [3.05, 3.63) is 63.2 Å². The molecule has 3 aromatic rings. The van der Waals surface area contributed by atoms with Gasteiger partial charge in [0.25, 0.3) is 5.56 Å². The first-order valence-electron chi connectivity index (χ1n) is 7.52. The number of benzene rings is 1. The molecule has 0 saturated carbocycles. The third-order valence-corrected chi connectivity index (χ3v) is 3.80. The predicted octanol–water partition coefficient (Wildman–Crippen LogP) is 3.17. The van der Waals surface area contributed by atoms with Gasteiger partial charge in [-0.15, -0.1) is 0 Å². The molecule has 1 atom stereocenters. The molecule has 0 spiro atoms. The van der Waals surface area contributed by atoms with Crippen LogP contribution in [0.15, 0.2) is 29.1 Å². The number of H-pyrrole nitrogens is 2. The smallest absolute Gasteiger partial charge is 0.311 e. The highest BCUT2D eigenvalue weighted by atomic mass is 19.4. The van der Waals surface area contributed by atoms with Crippen LogP contribution in [0.3, 0.4) is 0 Å². The molecular formula is C16H13F4N5O. The van der Waals surface area contributed by atoms with E-state index in [0.717, 1.165) is 12.1 Å². The van der Waals surface area contributed by atoms with Gasteiger partial charge in [0.15, 0.2) is 5.82 Å². The van der Waals surface area contributed by atoms with Gasteiger partial charge >= 0.3 is 6.18 Å². The number of aromatic amines is 2. The number of alkyl halides is 3. The van der Waals surface area contributed by atoms with Crippen molar-refractivity contribution in [1.82, 2.24) is 25.1 Å². The molecule has 0 saturated heterocycles. The maximum absolute atomic E-state index is 14.1. The first-order valence-corrected chi connectivity index (χ1v) is 7.52. The number of hydrogen-bond donors (Lipinski definition) is 2. The lowest BCUT2D eigenvalue weighted by molar-refractivity contribution is -0.137.